The van der Waals surface area contributed by atoms with Crippen molar-refractivity contribution in [3.8, 4) is 0 Å². The lowest BCUT2D eigenvalue weighted by Gasteiger charge is -1.97. The van der Waals surface area contributed by atoms with Crippen molar-refractivity contribution in [2.24, 2.45) is 5.10 Å². The van der Waals surface area contributed by atoms with Crippen molar-refractivity contribution >= 4 is 27.0 Å². The fourth-order valence-corrected chi connectivity index (χ4v) is 1.02. The van der Waals surface area contributed by atoms with Gasteiger partial charge in [0.15, 0.2) is 0 Å². The van der Waals surface area contributed by atoms with Crippen LogP contribution in [0.1, 0.15) is 0 Å². The molecule has 38 valence electrons. The third-order valence-electron chi connectivity index (χ3n) is 0.505. The molecule has 0 bridgehead atoms. The summed E-state index contributed by atoms with van der Waals surface area (Å²) >= 11 is 4.81. The summed E-state index contributed by atoms with van der Waals surface area (Å²) in [5, 5.41) is 5.60. The molecule has 1 atom stereocenters. The van der Waals surface area contributed by atoms with Crippen LogP contribution in [0.3, 0.4) is 0 Å². The first-order valence-electron chi connectivity index (χ1n) is 1.75. The fourth-order valence-electron chi connectivity index (χ4n) is 0.262. The zero-order valence-corrected chi connectivity index (χ0v) is 5.13. The molecule has 0 aromatic carbocycles. The van der Waals surface area contributed by atoms with Crippen molar-refractivity contribution in [2.45, 2.75) is 0 Å². The maximum Gasteiger partial charge on any atom is 0.0484 e. The predicted octanol–water partition coefficient (Wildman–Crippen LogP) is 0.0843. The van der Waals surface area contributed by atoms with Crippen molar-refractivity contribution in [1.82, 2.24) is 4.83 Å². The summed E-state index contributed by atoms with van der Waals surface area (Å²) in [5.41, 5.74) is 0. The standard InChI is InChI=1S/C3H4N2S2/c6-7-3-1-2-4-5-7/h1-3,5H. The molecule has 0 saturated carbocycles. The van der Waals surface area contributed by atoms with Crippen molar-refractivity contribution in [3.63, 3.8) is 0 Å². The van der Waals surface area contributed by atoms with E-state index in [1.807, 2.05) is 11.5 Å². The molecular weight excluding hydrogens is 128 g/mol. The Balaban J connectivity index is 2.66. The smallest absolute Gasteiger partial charge is 0.0484 e. The van der Waals surface area contributed by atoms with Crippen LogP contribution in [0.2, 0.25) is 0 Å². The molecule has 0 saturated heterocycles. The summed E-state index contributed by atoms with van der Waals surface area (Å²) in [6.07, 6.45) is 3.52. The average Bonchev–Trinajstić information content (AvgIpc) is 1.69. The van der Waals surface area contributed by atoms with Crippen LogP contribution in [-0.2, 0) is 20.8 Å². The molecule has 1 unspecified atom stereocenters. The Morgan fingerprint density at radius 2 is 2.57 bits per heavy atom. The first kappa shape index (κ1) is 4.93. The molecule has 0 aliphatic carbocycles. The van der Waals surface area contributed by atoms with Gasteiger partial charge >= 0.3 is 0 Å². The van der Waals surface area contributed by atoms with Gasteiger partial charge in [0.25, 0.3) is 0 Å². The lowest BCUT2D eigenvalue weighted by molar-refractivity contribution is 1.13. The van der Waals surface area contributed by atoms with Gasteiger partial charge in [-0.25, -0.2) is 4.83 Å². The second-order valence-electron chi connectivity index (χ2n) is 0.995. The highest BCUT2D eigenvalue weighted by Gasteiger charge is 1.83. The van der Waals surface area contributed by atoms with E-state index in [-0.39, 0.29) is 9.64 Å². The van der Waals surface area contributed by atoms with Crippen molar-refractivity contribution in [1.29, 1.82) is 0 Å². The molecule has 1 heterocycles. The maximum atomic E-state index is 4.81. The molecule has 1 N–H and O–H groups in total. The Kier molecular flexibility index (Phi) is 1.54. The number of nitrogens with zero attached hydrogens (tertiary/aromatic N) is 1. The van der Waals surface area contributed by atoms with E-state index in [0.717, 1.165) is 0 Å². The molecule has 0 spiro atoms. The topological polar surface area (TPSA) is 24.4 Å². The van der Waals surface area contributed by atoms with E-state index in [0.29, 0.717) is 0 Å². The fraction of sp³-hybridized carbons (Fsp3) is 0. The van der Waals surface area contributed by atoms with Gasteiger partial charge < -0.3 is 0 Å². The molecule has 0 amide bonds. The van der Waals surface area contributed by atoms with E-state index in [9.17, 15) is 0 Å². The summed E-state index contributed by atoms with van der Waals surface area (Å²) in [5.74, 6) is 0. The largest absolute Gasteiger partial charge is 0.245 e. The number of rotatable bonds is 0. The quantitative estimate of drug-likeness (QED) is 0.505. The van der Waals surface area contributed by atoms with Crippen LogP contribution in [0.5, 0.6) is 0 Å². The minimum atomic E-state index is -0.235. The van der Waals surface area contributed by atoms with Gasteiger partial charge in [-0.3, -0.25) is 0 Å². The first-order chi connectivity index (χ1) is 3.39. The highest BCUT2D eigenvalue weighted by molar-refractivity contribution is 8.29. The molecule has 4 heteroatoms. The van der Waals surface area contributed by atoms with Crippen LogP contribution < -0.4 is 4.83 Å². The molecule has 0 fully saturated rings. The van der Waals surface area contributed by atoms with Gasteiger partial charge in [0.2, 0.25) is 0 Å². The molecule has 7 heavy (non-hydrogen) atoms. The molecule has 0 aromatic heterocycles. The molecule has 0 aromatic rings. The lowest BCUT2D eigenvalue weighted by Crippen LogP contribution is -2.08. The Hall–Kier alpha value is -0.220. The van der Waals surface area contributed by atoms with Crippen LogP contribution in [0.15, 0.2) is 16.6 Å². The molecule has 2 nitrogen and oxygen atoms in total. The normalized spacial score (nSPS) is 27.1. The molecule has 0 radical (unpaired) electrons. The second-order valence-corrected chi connectivity index (χ2v) is 3.12. The van der Waals surface area contributed by atoms with Gasteiger partial charge in [-0.2, -0.15) is 5.10 Å². The predicted molar refractivity (Wildman–Crippen MR) is 35.5 cm³/mol. The van der Waals surface area contributed by atoms with Gasteiger partial charge in [0.1, 0.15) is 0 Å². The minimum Gasteiger partial charge on any atom is -0.245 e. The van der Waals surface area contributed by atoms with Crippen LogP contribution in [0.4, 0.5) is 0 Å². The summed E-state index contributed by atoms with van der Waals surface area (Å²) in [6, 6.07) is 0. The zero-order chi connectivity index (χ0) is 5.11. The number of hydrazone groups is 1. The monoisotopic (exact) mass is 132 g/mol. The van der Waals surface area contributed by atoms with Crippen molar-refractivity contribution in [3.05, 3.63) is 11.5 Å². The average molecular weight is 132 g/mol. The second kappa shape index (κ2) is 2.18. The summed E-state index contributed by atoms with van der Waals surface area (Å²) in [6.45, 7) is 0. The van der Waals surface area contributed by atoms with Crippen LogP contribution in [-0.4, -0.2) is 6.21 Å². The molecule has 1 aliphatic rings. The van der Waals surface area contributed by atoms with E-state index in [1.165, 1.54) is 0 Å². The zero-order valence-electron chi connectivity index (χ0n) is 3.50. The highest BCUT2D eigenvalue weighted by Crippen LogP contribution is 1.82. The maximum absolute atomic E-state index is 4.81. The van der Waals surface area contributed by atoms with Gasteiger partial charge in [-0.15, -0.1) is 0 Å². The minimum absolute atomic E-state index is 0.235. The molecular formula is C3H4N2S2. The number of nitrogens with one attached hydrogen (secondary N) is 1. The Labute approximate surface area is 49.0 Å². The molecule has 1 aliphatic heterocycles. The van der Waals surface area contributed by atoms with Gasteiger partial charge in [-0.1, -0.05) is 0 Å². The Morgan fingerprint density at radius 1 is 1.71 bits per heavy atom. The van der Waals surface area contributed by atoms with Gasteiger partial charge in [-0.05, 0) is 22.7 Å². The van der Waals surface area contributed by atoms with Gasteiger partial charge in [0, 0.05) is 15.9 Å². The Morgan fingerprint density at radius 3 is 2.86 bits per heavy atom. The van der Waals surface area contributed by atoms with E-state index in [2.05, 4.69) is 9.93 Å². The summed E-state index contributed by atoms with van der Waals surface area (Å²) in [7, 11) is -0.235. The van der Waals surface area contributed by atoms with Crippen molar-refractivity contribution < 1.29 is 0 Å². The number of hydrogen-bond donors (Lipinski definition) is 1. The summed E-state index contributed by atoms with van der Waals surface area (Å²) in [4.78, 5) is 2.71. The number of hydrogen-bond acceptors (Lipinski definition) is 2. The van der Waals surface area contributed by atoms with E-state index < -0.39 is 0 Å². The van der Waals surface area contributed by atoms with Crippen LogP contribution in [0.25, 0.3) is 0 Å². The van der Waals surface area contributed by atoms with Crippen LogP contribution in [0, 0.1) is 0 Å². The first-order valence-corrected chi connectivity index (χ1v) is 3.97. The van der Waals surface area contributed by atoms with E-state index >= 15 is 0 Å². The third kappa shape index (κ3) is 1.36. The molecule has 1 rings (SSSR count). The van der Waals surface area contributed by atoms with Crippen molar-refractivity contribution in [2.75, 3.05) is 0 Å². The SMILES string of the molecule is S=S1C=CC=NN1. The van der Waals surface area contributed by atoms with Gasteiger partial charge in [0.05, 0.1) is 0 Å². The third-order valence-corrected chi connectivity index (χ3v) is 1.75. The van der Waals surface area contributed by atoms with Crippen LogP contribution >= 0.6 is 0 Å². The Bertz CT molecular complexity index is 138. The van der Waals surface area contributed by atoms with E-state index in [1.54, 1.807) is 6.21 Å². The highest BCUT2D eigenvalue weighted by atomic mass is 32.8. The number of allylic oxidation sites excluding steroid dienone is 1. The summed E-state index contributed by atoms with van der Waals surface area (Å²) < 4.78 is 0. The lowest BCUT2D eigenvalue weighted by atomic mass is 10.7. The van der Waals surface area contributed by atoms with E-state index in [4.69, 9.17) is 11.2 Å².